The summed E-state index contributed by atoms with van der Waals surface area (Å²) < 4.78 is 27.1. The van der Waals surface area contributed by atoms with Gasteiger partial charge < -0.3 is 5.32 Å². The van der Waals surface area contributed by atoms with E-state index >= 15 is 0 Å². The Morgan fingerprint density at radius 3 is 2.24 bits per heavy atom. The number of carbonyl (C=O) groups excluding carboxylic acids is 2. The van der Waals surface area contributed by atoms with Gasteiger partial charge in [-0.05, 0) is 37.1 Å². The summed E-state index contributed by atoms with van der Waals surface area (Å²) >= 11 is 0. The number of carbonyl (C=O) groups is 2. The molecule has 1 aromatic carbocycles. The average molecular weight is 310 g/mol. The van der Waals surface area contributed by atoms with Gasteiger partial charge in [0.1, 0.15) is 5.78 Å². The van der Waals surface area contributed by atoms with E-state index in [9.17, 15) is 18.0 Å². The molecule has 0 unspecified atom stereocenters. The van der Waals surface area contributed by atoms with Crippen LogP contribution in [-0.2, 0) is 19.6 Å². The van der Waals surface area contributed by atoms with Gasteiger partial charge in [0.2, 0.25) is 15.9 Å². The molecule has 21 heavy (non-hydrogen) atoms. The van der Waals surface area contributed by atoms with E-state index in [2.05, 4.69) is 10.0 Å². The van der Waals surface area contributed by atoms with Crippen molar-refractivity contribution in [2.24, 2.45) is 0 Å². The SMILES string of the molecule is CC(=O)Nc1ccc(S(=O)(=O)NC2CCC(=O)CC2)cc1. The van der Waals surface area contributed by atoms with Gasteiger partial charge in [0, 0.05) is 31.5 Å². The molecular weight excluding hydrogens is 292 g/mol. The highest BCUT2D eigenvalue weighted by atomic mass is 32.2. The summed E-state index contributed by atoms with van der Waals surface area (Å²) in [7, 11) is -3.60. The summed E-state index contributed by atoms with van der Waals surface area (Å²) in [4.78, 5) is 22.2. The highest BCUT2D eigenvalue weighted by Crippen LogP contribution is 2.19. The van der Waals surface area contributed by atoms with Crippen molar-refractivity contribution in [3.05, 3.63) is 24.3 Å². The zero-order valence-electron chi connectivity index (χ0n) is 11.8. The van der Waals surface area contributed by atoms with Crippen molar-refractivity contribution in [3.63, 3.8) is 0 Å². The molecule has 1 aliphatic rings. The van der Waals surface area contributed by atoms with E-state index < -0.39 is 10.0 Å². The van der Waals surface area contributed by atoms with Crippen molar-refractivity contribution in [1.82, 2.24) is 4.72 Å². The monoisotopic (exact) mass is 310 g/mol. The molecule has 1 amide bonds. The number of rotatable bonds is 4. The van der Waals surface area contributed by atoms with Crippen LogP contribution >= 0.6 is 0 Å². The number of amides is 1. The maximum absolute atomic E-state index is 12.2. The van der Waals surface area contributed by atoms with Crippen molar-refractivity contribution in [1.29, 1.82) is 0 Å². The molecule has 0 aliphatic heterocycles. The first-order valence-corrected chi connectivity index (χ1v) is 8.27. The lowest BCUT2D eigenvalue weighted by Gasteiger charge is -2.22. The van der Waals surface area contributed by atoms with Crippen LogP contribution in [0.3, 0.4) is 0 Å². The van der Waals surface area contributed by atoms with Crippen molar-refractivity contribution < 1.29 is 18.0 Å². The van der Waals surface area contributed by atoms with Crippen molar-refractivity contribution in [2.75, 3.05) is 5.32 Å². The second kappa shape index (κ2) is 6.36. The summed E-state index contributed by atoms with van der Waals surface area (Å²) in [5.74, 6) is -0.0271. The van der Waals surface area contributed by atoms with E-state index in [0.717, 1.165) is 0 Å². The standard InChI is InChI=1S/C14H18N2O4S/c1-10(17)15-11-4-8-14(9-5-11)21(19,20)16-12-2-6-13(18)7-3-12/h4-5,8-9,12,16H,2-3,6-7H2,1H3,(H,15,17). The molecule has 0 spiro atoms. The Hall–Kier alpha value is -1.73. The number of hydrogen-bond acceptors (Lipinski definition) is 4. The van der Waals surface area contributed by atoms with Gasteiger partial charge in [0.15, 0.2) is 0 Å². The second-order valence-electron chi connectivity index (χ2n) is 5.14. The van der Waals surface area contributed by atoms with Crippen LogP contribution in [0.4, 0.5) is 5.69 Å². The zero-order valence-corrected chi connectivity index (χ0v) is 12.6. The van der Waals surface area contributed by atoms with Gasteiger partial charge in [-0.25, -0.2) is 13.1 Å². The summed E-state index contributed by atoms with van der Waals surface area (Å²) in [6.07, 6.45) is 1.94. The molecule has 0 radical (unpaired) electrons. The lowest BCUT2D eigenvalue weighted by atomic mass is 9.95. The molecule has 114 valence electrons. The molecular formula is C14H18N2O4S. The fourth-order valence-corrected chi connectivity index (χ4v) is 3.57. The number of anilines is 1. The lowest BCUT2D eigenvalue weighted by molar-refractivity contribution is -0.120. The topological polar surface area (TPSA) is 92.3 Å². The third kappa shape index (κ3) is 4.37. The van der Waals surface area contributed by atoms with E-state index in [-0.39, 0.29) is 22.6 Å². The van der Waals surface area contributed by atoms with Crippen LogP contribution in [0.1, 0.15) is 32.6 Å². The normalized spacial score (nSPS) is 16.7. The van der Waals surface area contributed by atoms with Gasteiger partial charge in [-0.1, -0.05) is 0 Å². The first-order valence-electron chi connectivity index (χ1n) is 6.78. The number of sulfonamides is 1. The van der Waals surface area contributed by atoms with Gasteiger partial charge in [-0.15, -0.1) is 0 Å². The van der Waals surface area contributed by atoms with Crippen LogP contribution in [-0.4, -0.2) is 26.2 Å². The largest absolute Gasteiger partial charge is 0.326 e. The summed E-state index contributed by atoms with van der Waals surface area (Å²) in [6.45, 7) is 1.39. The average Bonchev–Trinajstić information content (AvgIpc) is 2.41. The van der Waals surface area contributed by atoms with E-state index in [1.54, 1.807) is 12.1 Å². The molecule has 6 nitrogen and oxygen atoms in total. The van der Waals surface area contributed by atoms with Crippen LogP contribution in [0.15, 0.2) is 29.2 Å². The molecule has 0 bridgehead atoms. The quantitative estimate of drug-likeness (QED) is 0.880. The van der Waals surface area contributed by atoms with Crippen molar-refractivity contribution in [2.45, 2.75) is 43.5 Å². The van der Waals surface area contributed by atoms with Gasteiger partial charge >= 0.3 is 0 Å². The zero-order chi connectivity index (χ0) is 15.5. The number of nitrogens with one attached hydrogen (secondary N) is 2. The maximum Gasteiger partial charge on any atom is 0.240 e. The van der Waals surface area contributed by atoms with E-state index in [1.807, 2.05) is 0 Å². The Morgan fingerprint density at radius 1 is 1.14 bits per heavy atom. The number of hydrogen-bond donors (Lipinski definition) is 2. The van der Waals surface area contributed by atoms with E-state index in [4.69, 9.17) is 0 Å². The highest BCUT2D eigenvalue weighted by Gasteiger charge is 2.24. The van der Waals surface area contributed by atoms with E-state index in [1.165, 1.54) is 19.1 Å². The van der Waals surface area contributed by atoms with Gasteiger partial charge in [-0.3, -0.25) is 9.59 Å². The third-order valence-corrected chi connectivity index (χ3v) is 4.89. The van der Waals surface area contributed by atoms with Crippen molar-refractivity contribution in [3.8, 4) is 0 Å². The Labute approximate surface area is 124 Å². The van der Waals surface area contributed by atoms with Gasteiger partial charge in [0.25, 0.3) is 0 Å². The molecule has 0 saturated heterocycles. The molecule has 1 fully saturated rings. The van der Waals surface area contributed by atoms with Crippen LogP contribution in [0.5, 0.6) is 0 Å². The Kier molecular flexibility index (Phi) is 4.74. The Morgan fingerprint density at radius 2 is 1.71 bits per heavy atom. The predicted octanol–water partition coefficient (Wildman–Crippen LogP) is 1.43. The summed E-state index contributed by atoms with van der Waals surface area (Å²) in [6, 6.07) is 5.78. The minimum atomic E-state index is -3.60. The first-order chi connectivity index (χ1) is 9.87. The minimum Gasteiger partial charge on any atom is -0.326 e. The predicted molar refractivity (Wildman–Crippen MR) is 78.3 cm³/mol. The lowest BCUT2D eigenvalue weighted by Crippen LogP contribution is -2.37. The second-order valence-corrected chi connectivity index (χ2v) is 6.85. The molecule has 1 aromatic rings. The molecule has 2 N–H and O–H groups in total. The molecule has 1 aliphatic carbocycles. The minimum absolute atomic E-state index is 0.147. The Bertz CT molecular complexity index is 627. The fraction of sp³-hybridized carbons (Fsp3) is 0.429. The molecule has 0 aromatic heterocycles. The number of Topliss-reactive ketones (excluding diaryl/α,β-unsaturated/α-hetero) is 1. The van der Waals surface area contributed by atoms with Crippen molar-refractivity contribution >= 4 is 27.4 Å². The molecule has 1 saturated carbocycles. The van der Waals surface area contributed by atoms with Crippen LogP contribution in [0.2, 0.25) is 0 Å². The molecule has 0 heterocycles. The van der Waals surface area contributed by atoms with Crippen LogP contribution < -0.4 is 10.0 Å². The van der Waals surface area contributed by atoms with E-state index in [0.29, 0.717) is 31.4 Å². The summed E-state index contributed by atoms with van der Waals surface area (Å²) in [5, 5.41) is 2.58. The molecule has 2 rings (SSSR count). The van der Waals surface area contributed by atoms with Gasteiger partial charge in [-0.2, -0.15) is 0 Å². The van der Waals surface area contributed by atoms with Gasteiger partial charge in [0.05, 0.1) is 4.90 Å². The molecule has 7 heteroatoms. The Balaban J connectivity index is 2.05. The summed E-state index contributed by atoms with van der Waals surface area (Å²) in [5.41, 5.74) is 0.546. The first kappa shape index (κ1) is 15.7. The third-order valence-electron chi connectivity index (χ3n) is 3.35. The molecule has 0 atom stereocenters. The smallest absolute Gasteiger partial charge is 0.240 e. The maximum atomic E-state index is 12.2. The fourth-order valence-electron chi connectivity index (χ4n) is 2.27. The highest BCUT2D eigenvalue weighted by molar-refractivity contribution is 7.89. The van der Waals surface area contributed by atoms with Crippen LogP contribution in [0, 0.1) is 0 Å². The van der Waals surface area contributed by atoms with Crippen LogP contribution in [0.25, 0.3) is 0 Å². The number of ketones is 1. The number of benzene rings is 1.